The number of ether oxygens (including phenoxy) is 1. The molecule has 0 spiro atoms. The van der Waals surface area contributed by atoms with Crippen LogP contribution in [0.3, 0.4) is 0 Å². The molecule has 0 fully saturated rings. The van der Waals surface area contributed by atoms with Gasteiger partial charge in [0.05, 0.1) is 24.1 Å². The minimum absolute atomic E-state index is 0.229. The topological polar surface area (TPSA) is 65.2 Å². The highest BCUT2D eigenvalue weighted by Gasteiger charge is 2.13. The van der Waals surface area contributed by atoms with Gasteiger partial charge in [0.1, 0.15) is 5.15 Å². The van der Waals surface area contributed by atoms with E-state index in [-0.39, 0.29) is 16.4 Å². The van der Waals surface area contributed by atoms with Gasteiger partial charge in [-0.15, -0.1) is 0 Å². The number of esters is 1. The molecule has 5 heteroatoms. The second-order valence-corrected chi connectivity index (χ2v) is 4.47. The molecule has 0 radical (unpaired) electrons. The van der Waals surface area contributed by atoms with Crippen molar-refractivity contribution in [2.45, 2.75) is 26.7 Å². The molecule has 0 aromatic carbocycles. The monoisotopic (exact) mass is 256 g/mol. The Kier molecular flexibility index (Phi) is 5.22. The van der Waals surface area contributed by atoms with Crippen molar-refractivity contribution in [1.29, 1.82) is 0 Å². The molecule has 0 aliphatic rings. The highest BCUT2D eigenvalue weighted by atomic mass is 35.5. The minimum Gasteiger partial charge on any atom is -0.462 e. The van der Waals surface area contributed by atoms with Gasteiger partial charge >= 0.3 is 5.97 Å². The van der Waals surface area contributed by atoms with Crippen LogP contribution in [0, 0.1) is 5.92 Å². The van der Waals surface area contributed by atoms with Gasteiger partial charge in [-0.05, 0) is 18.4 Å². The molecular formula is C12H17ClN2O2. The van der Waals surface area contributed by atoms with E-state index in [0.29, 0.717) is 12.5 Å². The van der Waals surface area contributed by atoms with E-state index in [1.54, 1.807) is 0 Å². The van der Waals surface area contributed by atoms with Gasteiger partial charge in [-0.3, -0.25) is 0 Å². The van der Waals surface area contributed by atoms with Crippen LogP contribution in [0.5, 0.6) is 0 Å². The predicted molar refractivity (Wildman–Crippen MR) is 68.0 cm³/mol. The van der Waals surface area contributed by atoms with Gasteiger partial charge in [-0.1, -0.05) is 31.9 Å². The number of hydrogen-bond donors (Lipinski definition) is 1. The molecule has 1 aromatic rings. The van der Waals surface area contributed by atoms with Crippen molar-refractivity contribution < 1.29 is 9.53 Å². The maximum absolute atomic E-state index is 11.7. The maximum Gasteiger partial charge on any atom is 0.340 e. The summed E-state index contributed by atoms with van der Waals surface area (Å²) in [6.45, 7) is 4.53. The summed E-state index contributed by atoms with van der Waals surface area (Å²) >= 11 is 5.70. The third-order valence-corrected chi connectivity index (χ3v) is 2.61. The van der Waals surface area contributed by atoms with Crippen LogP contribution in [0.4, 0.5) is 5.69 Å². The number of carbonyl (C=O) groups excluding carboxylic acids is 1. The molecule has 0 aliphatic heterocycles. The fourth-order valence-corrected chi connectivity index (χ4v) is 1.65. The van der Waals surface area contributed by atoms with Crippen molar-refractivity contribution in [1.82, 2.24) is 4.98 Å². The molecule has 2 N–H and O–H groups in total. The van der Waals surface area contributed by atoms with Crippen LogP contribution in [-0.2, 0) is 4.74 Å². The Hall–Kier alpha value is -1.29. The standard InChI is InChI=1S/C12H17ClN2O2/c1-3-4-8(2)7-17-12(16)9-5-11(13)15-6-10(9)14/h5-6,8H,3-4,7,14H2,1-2H3. The summed E-state index contributed by atoms with van der Waals surface area (Å²) in [5.74, 6) is -0.0998. The van der Waals surface area contributed by atoms with Gasteiger partial charge in [0.15, 0.2) is 0 Å². The van der Waals surface area contributed by atoms with Crippen LogP contribution in [0.15, 0.2) is 12.3 Å². The van der Waals surface area contributed by atoms with Crippen LogP contribution in [-0.4, -0.2) is 17.6 Å². The van der Waals surface area contributed by atoms with Gasteiger partial charge in [-0.25, -0.2) is 9.78 Å². The Balaban J connectivity index is 2.61. The molecule has 0 bridgehead atoms. The third kappa shape index (κ3) is 4.23. The first kappa shape index (κ1) is 13.8. The molecule has 94 valence electrons. The number of aromatic nitrogens is 1. The Labute approximate surface area is 106 Å². The summed E-state index contributed by atoms with van der Waals surface area (Å²) in [7, 11) is 0. The fourth-order valence-electron chi connectivity index (χ4n) is 1.49. The van der Waals surface area contributed by atoms with Gasteiger partial charge < -0.3 is 10.5 Å². The van der Waals surface area contributed by atoms with Crippen molar-refractivity contribution in [3.63, 3.8) is 0 Å². The molecule has 0 saturated heterocycles. The summed E-state index contributed by atoms with van der Waals surface area (Å²) in [5, 5.41) is 0.229. The Morgan fingerprint density at radius 1 is 1.65 bits per heavy atom. The van der Waals surface area contributed by atoms with E-state index in [2.05, 4.69) is 11.9 Å². The van der Waals surface area contributed by atoms with Crippen molar-refractivity contribution in [2.24, 2.45) is 5.92 Å². The number of hydrogen-bond acceptors (Lipinski definition) is 4. The maximum atomic E-state index is 11.7. The van der Waals surface area contributed by atoms with E-state index < -0.39 is 5.97 Å². The van der Waals surface area contributed by atoms with Gasteiger partial charge in [0.25, 0.3) is 0 Å². The van der Waals surface area contributed by atoms with Crippen molar-refractivity contribution in [3.8, 4) is 0 Å². The first-order chi connectivity index (χ1) is 8.04. The lowest BCUT2D eigenvalue weighted by atomic mass is 10.1. The highest BCUT2D eigenvalue weighted by molar-refractivity contribution is 6.29. The SMILES string of the molecule is CCCC(C)COC(=O)c1cc(Cl)ncc1N. The zero-order chi connectivity index (χ0) is 12.8. The second kappa shape index (κ2) is 6.45. The van der Waals surface area contributed by atoms with E-state index in [0.717, 1.165) is 12.8 Å². The Morgan fingerprint density at radius 3 is 3.00 bits per heavy atom. The van der Waals surface area contributed by atoms with Crippen molar-refractivity contribution in [3.05, 3.63) is 23.0 Å². The predicted octanol–water partition coefficient (Wildman–Crippen LogP) is 2.91. The minimum atomic E-state index is -0.449. The number of rotatable bonds is 5. The quantitative estimate of drug-likeness (QED) is 0.650. The second-order valence-electron chi connectivity index (χ2n) is 4.09. The molecular weight excluding hydrogens is 240 g/mol. The average molecular weight is 257 g/mol. The zero-order valence-corrected chi connectivity index (χ0v) is 10.8. The van der Waals surface area contributed by atoms with Crippen LogP contribution < -0.4 is 5.73 Å². The lowest BCUT2D eigenvalue weighted by Crippen LogP contribution is -2.13. The fraction of sp³-hybridized carbons (Fsp3) is 0.500. The Bertz CT molecular complexity index is 396. The summed E-state index contributed by atoms with van der Waals surface area (Å²) < 4.78 is 5.17. The van der Waals surface area contributed by atoms with Crippen molar-refractivity contribution in [2.75, 3.05) is 12.3 Å². The number of anilines is 1. The first-order valence-electron chi connectivity index (χ1n) is 5.62. The normalized spacial score (nSPS) is 12.2. The molecule has 0 saturated carbocycles. The molecule has 0 amide bonds. The molecule has 0 aliphatic carbocycles. The molecule has 1 heterocycles. The summed E-state index contributed by atoms with van der Waals surface area (Å²) in [5.41, 5.74) is 6.19. The van der Waals surface area contributed by atoms with Gasteiger partial charge in [0, 0.05) is 0 Å². The number of carbonyl (C=O) groups is 1. The van der Waals surface area contributed by atoms with E-state index >= 15 is 0 Å². The zero-order valence-electron chi connectivity index (χ0n) is 10.1. The average Bonchev–Trinajstić information content (AvgIpc) is 2.29. The van der Waals surface area contributed by atoms with E-state index in [1.807, 2.05) is 6.92 Å². The third-order valence-electron chi connectivity index (χ3n) is 2.40. The number of pyridine rings is 1. The Morgan fingerprint density at radius 2 is 2.35 bits per heavy atom. The summed E-state index contributed by atoms with van der Waals surface area (Å²) in [4.78, 5) is 15.5. The smallest absolute Gasteiger partial charge is 0.340 e. The van der Waals surface area contributed by atoms with Crippen LogP contribution in [0.2, 0.25) is 5.15 Å². The summed E-state index contributed by atoms with van der Waals surface area (Å²) in [6, 6.07) is 1.42. The lowest BCUT2D eigenvalue weighted by Gasteiger charge is -2.11. The van der Waals surface area contributed by atoms with Crippen LogP contribution in [0.25, 0.3) is 0 Å². The molecule has 4 nitrogen and oxygen atoms in total. The van der Waals surface area contributed by atoms with E-state index in [1.165, 1.54) is 12.3 Å². The van der Waals surface area contributed by atoms with Gasteiger partial charge in [-0.2, -0.15) is 0 Å². The highest BCUT2D eigenvalue weighted by Crippen LogP contribution is 2.16. The number of halogens is 1. The van der Waals surface area contributed by atoms with Crippen LogP contribution >= 0.6 is 11.6 Å². The number of nitrogen functional groups attached to an aromatic ring is 1. The van der Waals surface area contributed by atoms with Gasteiger partial charge in [0.2, 0.25) is 0 Å². The largest absolute Gasteiger partial charge is 0.462 e. The molecule has 17 heavy (non-hydrogen) atoms. The molecule has 1 aromatic heterocycles. The van der Waals surface area contributed by atoms with Crippen molar-refractivity contribution >= 4 is 23.3 Å². The number of nitrogens with zero attached hydrogens (tertiary/aromatic N) is 1. The number of nitrogens with two attached hydrogens (primary N) is 1. The molecule has 1 rings (SSSR count). The summed E-state index contributed by atoms with van der Waals surface area (Å²) in [6.07, 6.45) is 3.45. The van der Waals surface area contributed by atoms with Crippen LogP contribution in [0.1, 0.15) is 37.0 Å². The molecule has 1 atom stereocenters. The molecule has 1 unspecified atom stereocenters. The van der Waals surface area contributed by atoms with E-state index in [9.17, 15) is 4.79 Å². The van der Waals surface area contributed by atoms with E-state index in [4.69, 9.17) is 22.1 Å². The lowest BCUT2D eigenvalue weighted by molar-refractivity contribution is 0.0445. The first-order valence-corrected chi connectivity index (χ1v) is 6.00.